The number of aliphatic hydroxyl groups excluding tert-OH is 1. The van der Waals surface area contributed by atoms with E-state index >= 15 is 0 Å². The number of aliphatic hydroxyl groups is 1. The fourth-order valence-corrected chi connectivity index (χ4v) is 6.62. The molecule has 0 heterocycles. The van der Waals surface area contributed by atoms with Gasteiger partial charge in [-0.3, -0.25) is 4.79 Å². The second-order valence-corrected chi connectivity index (χ2v) is 11.6. The molecule has 0 aromatic rings. The quantitative estimate of drug-likeness (QED) is 0.341. The van der Waals surface area contributed by atoms with E-state index in [0.717, 1.165) is 23.5 Å². The average molecular weight is 455 g/mol. The standard InChI is InChI=1S/C30H46O3/c1-19(2)20(3)10-11-21(4)27-14-15-28-24(9-8-16-30(27,28)7)12-13-25-17-26(33-23(6)31)18-29(32)22(25)5/h10-13,19-21,26-29,32H,5,8-9,14-18H2,1-4,6-7H3/b11-10+,24-12+,25-13+/t20-,21+,26-,27+,28-,29-,30+/m0/s1. The van der Waals surface area contributed by atoms with Gasteiger partial charge >= 0.3 is 5.97 Å². The van der Waals surface area contributed by atoms with E-state index in [1.807, 2.05) is 0 Å². The summed E-state index contributed by atoms with van der Waals surface area (Å²) in [6, 6.07) is 0. The van der Waals surface area contributed by atoms with Crippen molar-refractivity contribution in [1.29, 1.82) is 0 Å². The second-order valence-electron chi connectivity index (χ2n) is 11.6. The lowest BCUT2D eigenvalue weighted by Crippen LogP contribution is -2.35. The Balaban J connectivity index is 1.76. The molecule has 0 unspecified atom stereocenters. The third kappa shape index (κ3) is 5.91. The molecule has 0 aromatic heterocycles. The molecule has 3 rings (SSSR count). The van der Waals surface area contributed by atoms with Crippen LogP contribution in [0, 0.1) is 35.0 Å². The molecule has 3 saturated carbocycles. The number of esters is 1. The molecule has 0 radical (unpaired) electrons. The first-order chi connectivity index (χ1) is 15.5. The number of carbonyl (C=O) groups excluding carboxylic acids is 1. The van der Waals surface area contributed by atoms with Gasteiger partial charge in [-0.25, -0.2) is 0 Å². The summed E-state index contributed by atoms with van der Waals surface area (Å²) in [4.78, 5) is 11.4. The summed E-state index contributed by atoms with van der Waals surface area (Å²) in [5, 5.41) is 10.4. The number of hydrogen-bond acceptors (Lipinski definition) is 3. The monoisotopic (exact) mass is 454 g/mol. The third-order valence-electron chi connectivity index (χ3n) is 9.02. The molecule has 0 aromatic carbocycles. The Morgan fingerprint density at radius 3 is 2.58 bits per heavy atom. The lowest BCUT2D eigenvalue weighted by molar-refractivity contribution is -0.147. The fourth-order valence-electron chi connectivity index (χ4n) is 6.62. The minimum Gasteiger partial charge on any atom is -0.462 e. The van der Waals surface area contributed by atoms with Crippen LogP contribution in [0.5, 0.6) is 0 Å². The molecular weight excluding hydrogens is 408 g/mol. The molecular formula is C30H46O3. The van der Waals surface area contributed by atoms with E-state index < -0.39 is 6.10 Å². The Morgan fingerprint density at radius 2 is 1.91 bits per heavy atom. The summed E-state index contributed by atoms with van der Waals surface area (Å²) in [5.41, 5.74) is 3.71. The van der Waals surface area contributed by atoms with Gasteiger partial charge in [-0.2, -0.15) is 0 Å². The SMILES string of the molecule is C=C1/C(=C/C=C2\CCC[C@]3(C)[C@@H]([C@H](C)/C=C/[C@H](C)C(C)C)CC[C@@H]23)C[C@H](OC(C)=O)C[C@@H]1O. The molecule has 3 fully saturated rings. The maximum Gasteiger partial charge on any atom is 0.302 e. The molecule has 1 N–H and O–H groups in total. The van der Waals surface area contributed by atoms with Gasteiger partial charge in [0.15, 0.2) is 0 Å². The van der Waals surface area contributed by atoms with Gasteiger partial charge in [0.1, 0.15) is 6.10 Å². The van der Waals surface area contributed by atoms with Crippen LogP contribution in [-0.4, -0.2) is 23.3 Å². The highest BCUT2D eigenvalue weighted by Crippen LogP contribution is 2.59. The smallest absolute Gasteiger partial charge is 0.302 e. The molecule has 0 aliphatic heterocycles. The Hall–Kier alpha value is -1.61. The van der Waals surface area contributed by atoms with Crippen LogP contribution in [0.15, 0.2) is 47.6 Å². The van der Waals surface area contributed by atoms with Gasteiger partial charge in [-0.1, -0.05) is 71.1 Å². The number of ether oxygens (including phenoxy) is 1. The highest BCUT2D eigenvalue weighted by Gasteiger charge is 2.50. The predicted octanol–water partition coefficient (Wildman–Crippen LogP) is 7.18. The number of fused-ring (bicyclic) bond motifs is 1. The summed E-state index contributed by atoms with van der Waals surface area (Å²) in [6.45, 7) is 17.4. The number of carbonyl (C=O) groups is 1. The molecule has 184 valence electrons. The van der Waals surface area contributed by atoms with Crippen LogP contribution in [0.25, 0.3) is 0 Å². The molecule has 7 atom stereocenters. The lowest BCUT2D eigenvalue weighted by Gasteiger charge is -2.44. The van der Waals surface area contributed by atoms with Gasteiger partial charge in [0.2, 0.25) is 0 Å². The average Bonchev–Trinajstić information content (AvgIpc) is 3.10. The van der Waals surface area contributed by atoms with Crippen molar-refractivity contribution in [3.63, 3.8) is 0 Å². The van der Waals surface area contributed by atoms with E-state index in [1.165, 1.54) is 32.6 Å². The van der Waals surface area contributed by atoms with E-state index in [1.54, 1.807) is 5.57 Å². The predicted molar refractivity (Wildman–Crippen MR) is 137 cm³/mol. The molecule has 3 aliphatic rings. The Bertz CT molecular complexity index is 816. The number of rotatable bonds is 6. The van der Waals surface area contributed by atoms with Crippen LogP contribution in [0.4, 0.5) is 0 Å². The van der Waals surface area contributed by atoms with Gasteiger partial charge in [0.25, 0.3) is 0 Å². The van der Waals surface area contributed by atoms with Crippen LogP contribution in [-0.2, 0) is 9.53 Å². The van der Waals surface area contributed by atoms with Gasteiger partial charge in [0, 0.05) is 19.8 Å². The Kier molecular flexibility index (Phi) is 8.48. The third-order valence-corrected chi connectivity index (χ3v) is 9.02. The van der Waals surface area contributed by atoms with Gasteiger partial charge in [0.05, 0.1) is 6.10 Å². The summed E-state index contributed by atoms with van der Waals surface area (Å²) >= 11 is 0. The van der Waals surface area contributed by atoms with Crippen LogP contribution in [0.1, 0.15) is 86.5 Å². The number of allylic oxidation sites excluding steroid dienone is 5. The minimum absolute atomic E-state index is 0.263. The molecule has 33 heavy (non-hydrogen) atoms. The van der Waals surface area contributed by atoms with Crippen molar-refractivity contribution in [2.75, 3.05) is 0 Å². The van der Waals surface area contributed by atoms with Crippen LogP contribution in [0.3, 0.4) is 0 Å². The molecule has 3 nitrogen and oxygen atoms in total. The van der Waals surface area contributed by atoms with E-state index in [0.29, 0.717) is 41.9 Å². The Morgan fingerprint density at radius 1 is 1.18 bits per heavy atom. The highest BCUT2D eigenvalue weighted by molar-refractivity contribution is 5.66. The van der Waals surface area contributed by atoms with E-state index in [2.05, 4.69) is 65.5 Å². The Labute approximate surface area is 202 Å². The first-order valence-electron chi connectivity index (χ1n) is 13.1. The highest BCUT2D eigenvalue weighted by atomic mass is 16.5. The topological polar surface area (TPSA) is 46.5 Å². The van der Waals surface area contributed by atoms with Crippen molar-refractivity contribution >= 4 is 5.97 Å². The molecule has 0 bridgehead atoms. The van der Waals surface area contributed by atoms with E-state index in [9.17, 15) is 9.90 Å². The van der Waals surface area contributed by atoms with Crippen LogP contribution < -0.4 is 0 Å². The van der Waals surface area contributed by atoms with Gasteiger partial charge in [-0.05, 0) is 78.3 Å². The normalized spacial score (nSPS) is 37.0. The van der Waals surface area contributed by atoms with Crippen molar-refractivity contribution in [2.24, 2.45) is 35.0 Å². The number of hydrogen-bond donors (Lipinski definition) is 1. The van der Waals surface area contributed by atoms with Gasteiger partial charge < -0.3 is 9.84 Å². The summed E-state index contributed by atoms with van der Waals surface area (Å²) in [7, 11) is 0. The maximum atomic E-state index is 11.4. The van der Waals surface area contributed by atoms with Crippen LogP contribution in [0.2, 0.25) is 0 Å². The summed E-state index contributed by atoms with van der Waals surface area (Å²) in [5.74, 6) is 3.00. The van der Waals surface area contributed by atoms with Crippen LogP contribution >= 0.6 is 0 Å². The summed E-state index contributed by atoms with van der Waals surface area (Å²) < 4.78 is 5.40. The van der Waals surface area contributed by atoms with Crippen molar-refractivity contribution in [1.82, 2.24) is 0 Å². The van der Waals surface area contributed by atoms with Crippen molar-refractivity contribution in [2.45, 2.75) is 98.7 Å². The van der Waals surface area contributed by atoms with Gasteiger partial charge in [-0.15, -0.1) is 0 Å². The largest absolute Gasteiger partial charge is 0.462 e. The minimum atomic E-state index is -0.638. The molecule has 3 heteroatoms. The first kappa shape index (κ1) is 26.0. The zero-order chi connectivity index (χ0) is 24.3. The summed E-state index contributed by atoms with van der Waals surface area (Å²) in [6.07, 6.45) is 15.9. The van der Waals surface area contributed by atoms with Crippen molar-refractivity contribution < 1.29 is 14.6 Å². The molecule has 0 spiro atoms. The first-order valence-corrected chi connectivity index (χ1v) is 13.1. The van der Waals surface area contributed by atoms with Crippen molar-refractivity contribution in [3.05, 3.63) is 47.6 Å². The molecule has 3 aliphatic carbocycles. The fraction of sp³-hybridized carbons (Fsp3) is 0.700. The lowest BCUT2D eigenvalue weighted by atomic mass is 9.61. The van der Waals surface area contributed by atoms with E-state index in [-0.39, 0.29) is 12.1 Å². The van der Waals surface area contributed by atoms with Crippen molar-refractivity contribution in [3.8, 4) is 0 Å². The molecule has 0 amide bonds. The van der Waals surface area contributed by atoms with E-state index in [4.69, 9.17) is 4.74 Å². The second kappa shape index (κ2) is 10.8. The molecule has 0 saturated heterocycles. The maximum absolute atomic E-state index is 11.4. The zero-order valence-corrected chi connectivity index (χ0v) is 21.8. The zero-order valence-electron chi connectivity index (χ0n) is 21.8.